The molecule has 1 amide bonds. The first-order valence-electron chi connectivity index (χ1n) is 7.26. The Morgan fingerprint density at radius 2 is 1.90 bits per heavy atom. The van der Waals surface area contributed by atoms with Gasteiger partial charge in [0.15, 0.2) is 0 Å². The van der Waals surface area contributed by atoms with Crippen molar-refractivity contribution in [1.82, 2.24) is 15.3 Å². The number of anilines is 2. The molecule has 1 rings (SSSR count). The molecule has 20 heavy (non-hydrogen) atoms. The van der Waals surface area contributed by atoms with Crippen molar-refractivity contribution in [1.29, 1.82) is 0 Å². The highest BCUT2D eigenvalue weighted by atomic mass is 16.2. The number of hydrogen-bond acceptors (Lipinski definition) is 5. The van der Waals surface area contributed by atoms with Gasteiger partial charge in [-0.3, -0.25) is 4.79 Å². The molecular weight excluding hydrogens is 254 g/mol. The van der Waals surface area contributed by atoms with E-state index < -0.39 is 0 Å². The summed E-state index contributed by atoms with van der Waals surface area (Å²) >= 11 is 0. The van der Waals surface area contributed by atoms with Gasteiger partial charge in [0.05, 0.1) is 0 Å². The lowest BCUT2D eigenvalue weighted by Gasteiger charge is -2.15. The predicted octanol–water partition coefficient (Wildman–Crippen LogP) is 1.80. The van der Waals surface area contributed by atoms with Crippen LogP contribution in [0.4, 0.5) is 11.6 Å². The molecule has 1 aromatic heterocycles. The molecule has 1 atom stereocenters. The van der Waals surface area contributed by atoms with Crippen molar-refractivity contribution in [2.45, 2.75) is 46.6 Å². The van der Waals surface area contributed by atoms with Crippen LogP contribution in [0, 0.1) is 0 Å². The predicted molar refractivity (Wildman–Crippen MR) is 82.0 cm³/mol. The van der Waals surface area contributed by atoms with Crippen molar-refractivity contribution in [3.05, 3.63) is 11.9 Å². The van der Waals surface area contributed by atoms with Crippen molar-refractivity contribution in [2.75, 3.05) is 23.7 Å². The van der Waals surface area contributed by atoms with Crippen molar-refractivity contribution >= 4 is 17.5 Å². The average molecular weight is 279 g/mol. The van der Waals surface area contributed by atoms with Gasteiger partial charge in [-0.05, 0) is 27.2 Å². The lowest BCUT2D eigenvalue weighted by molar-refractivity contribution is -0.121. The SMILES string of the molecule is CCCc1nc(NCC)cc(NC(C)C(=O)NCC)n1. The monoisotopic (exact) mass is 279 g/mol. The molecule has 112 valence electrons. The van der Waals surface area contributed by atoms with Crippen LogP contribution in [0.3, 0.4) is 0 Å². The molecule has 0 bridgehead atoms. The van der Waals surface area contributed by atoms with E-state index in [1.165, 1.54) is 0 Å². The van der Waals surface area contributed by atoms with E-state index in [1.54, 1.807) is 0 Å². The zero-order chi connectivity index (χ0) is 15.0. The number of aromatic nitrogens is 2. The highest BCUT2D eigenvalue weighted by Gasteiger charge is 2.13. The number of amides is 1. The van der Waals surface area contributed by atoms with Crippen LogP contribution < -0.4 is 16.0 Å². The molecule has 0 aliphatic heterocycles. The maximum atomic E-state index is 11.7. The molecule has 0 fully saturated rings. The first kappa shape index (κ1) is 16.2. The lowest BCUT2D eigenvalue weighted by Crippen LogP contribution is -2.37. The summed E-state index contributed by atoms with van der Waals surface area (Å²) in [5.41, 5.74) is 0. The van der Waals surface area contributed by atoms with Gasteiger partial charge in [-0.2, -0.15) is 0 Å². The average Bonchev–Trinajstić information content (AvgIpc) is 2.39. The number of nitrogens with one attached hydrogen (secondary N) is 3. The van der Waals surface area contributed by atoms with Gasteiger partial charge in [-0.25, -0.2) is 9.97 Å². The number of likely N-dealkylation sites (N-methyl/N-ethyl adjacent to an activating group) is 1. The molecule has 0 radical (unpaired) electrons. The van der Waals surface area contributed by atoms with Gasteiger partial charge < -0.3 is 16.0 Å². The molecular formula is C14H25N5O. The summed E-state index contributed by atoms with van der Waals surface area (Å²) in [7, 11) is 0. The van der Waals surface area contributed by atoms with Crippen LogP contribution in [0.15, 0.2) is 6.07 Å². The number of carbonyl (C=O) groups is 1. The number of rotatable bonds is 8. The van der Waals surface area contributed by atoms with Gasteiger partial charge in [-0.1, -0.05) is 6.92 Å². The van der Waals surface area contributed by atoms with E-state index in [2.05, 4.69) is 32.8 Å². The fourth-order valence-electron chi connectivity index (χ4n) is 1.79. The Labute approximate surface area is 120 Å². The molecule has 0 saturated heterocycles. The number of carbonyl (C=O) groups excluding carboxylic acids is 1. The van der Waals surface area contributed by atoms with E-state index in [1.807, 2.05) is 26.8 Å². The molecule has 0 aliphatic rings. The third-order valence-electron chi connectivity index (χ3n) is 2.71. The quantitative estimate of drug-likeness (QED) is 0.676. The Hall–Kier alpha value is -1.85. The second-order valence-electron chi connectivity index (χ2n) is 4.60. The van der Waals surface area contributed by atoms with Crippen molar-refractivity contribution < 1.29 is 4.79 Å². The molecule has 0 spiro atoms. The van der Waals surface area contributed by atoms with Gasteiger partial charge in [0.1, 0.15) is 23.5 Å². The second-order valence-corrected chi connectivity index (χ2v) is 4.60. The molecule has 1 unspecified atom stereocenters. The van der Waals surface area contributed by atoms with Crippen LogP contribution in [0.25, 0.3) is 0 Å². The minimum Gasteiger partial charge on any atom is -0.370 e. The highest BCUT2D eigenvalue weighted by Crippen LogP contribution is 2.13. The number of aryl methyl sites for hydroxylation is 1. The largest absolute Gasteiger partial charge is 0.370 e. The minimum atomic E-state index is -0.325. The van der Waals surface area contributed by atoms with E-state index in [0.29, 0.717) is 12.4 Å². The van der Waals surface area contributed by atoms with Crippen LogP contribution in [0.5, 0.6) is 0 Å². The van der Waals surface area contributed by atoms with E-state index >= 15 is 0 Å². The molecule has 3 N–H and O–H groups in total. The van der Waals surface area contributed by atoms with Crippen LogP contribution in [-0.2, 0) is 11.2 Å². The summed E-state index contributed by atoms with van der Waals surface area (Å²) in [6, 6.07) is 1.51. The van der Waals surface area contributed by atoms with Crippen LogP contribution in [0.1, 0.15) is 39.9 Å². The van der Waals surface area contributed by atoms with Gasteiger partial charge in [0.25, 0.3) is 0 Å². The highest BCUT2D eigenvalue weighted by molar-refractivity contribution is 5.83. The Kier molecular flexibility index (Phi) is 6.76. The van der Waals surface area contributed by atoms with Crippen LogP contribution in [-0.4, -0.2) is 35.0 Å². The smallest absolute Gasteiger partial charge is 0.242 e. The lowest BCUT2D eigenvalue weighted by atomic mass is 10.3. The summed E-state index contributed by atoms with van der Waals surface area (Å²) in [6.45, 7) is 9.25. The summed E-state index contributed by atoms with van der Waals surface area (Å²) in [5.74, 6) is 2.22. The summed E-state index contributed by atoms with van der Waals surface area (Å²) in [6.07, 6.45) is 1.81. The Balaban J connectivity index is 2.84. The molecule has 1 aromatic rings. The molecule has 6 heteroatoms. The Morgan fingerprint density at radius 1 is 1.20 bits per heavy atom. The molecule has 1 heterocycles. The van der Waals surface area contributed by atoms with Gasteiger partial charge in [0.2, 0.25) is 5.91 Å². The van der Waals surface area contributed by atoms with Crippen molar-refractivity contribution in [2.24, 2.45) is 0 Å². The first-order valence-corrected chi connectivity index (χ1v) is 7.26. The maximum Gasteiger partial charge on any atom is 0.242 e. The van der Waals surface area contributed by atoms with Crippen molar-refractivity contribution in [3.8, 4) is 0 Å². The van der Waals surface area contributed by atoms with E-state index in [4.69, 9.17) is 0 Å². The summed E-state index contributed by atoms with van der Waals surface area (Å²) in [5, 5.41) is 9.09. The fourth-order valence-corrected chi connectivity index (χ4v) is 1.79. The van der Waals surface area contributed by atoms with Gasteiger partial charge >= 0.3 is 0 Å². The summed E-state index contributed by atoms with van der Waals surface area (Å²) < 4.78 is 0. The normalized spacial score (nSPS) is 11.8. The first-order chi connectivity index (χ1) is 9.60. The topological polar surface area (TPSA) is 78.9 Å². The Bertz CT molecular complexity index is 411. The van der Waals surface area contributed by atoms with Crippen LogP contribution >= 0.6 is 0 Å². The third kappa shape index (κ3) is 5.03. The second kappa shape index (κ2) is 8.35. The number of hydrogen-bond donors (Lipinski definition) is 3. The van der Waals surface area contributed by atoms with E-state index in [-0.39, 0.29) is 11.9 Å². The zero-order valence-electron chi connectivity index (χ0n) is 12.8. The van der Waals surface area contributed by atoms with Gasteiger partial charge in [0, 0.05) is 25.6 Å². The molecule has 0 aromatic carbocycles. The zero-order valence-corrected chi connectivity index (χ0v) is 12.8. The summed E-state index contributed by atoms with van der Waals surface area (Å²) in [4.78, 5) is 20.6. The van der Waals surface area contributed by atoms with E-state index in [9.17, 15) is 4.79 Å². The third-order valence-corrected chi connectivity index (χ3v) is 2.71. The standard InChI is InChI=1S/C14H25N5O/c1-5-8-11-18-12(15-6-2)9-13(19-11)17-10(4)14(20)16-7-3/h9-10H,5-8H2,1-4H3,(H,16,20)(H2,15,17,18,19). The van der Waals surface area contributed by atoms with Crippen molar-refractivity contribution in [3.63, 3.8) is 0 Å². The maximum absolute atomic E-state index is 11.7. The van der Waals surface area contributed by atoms with E-state index in [0.717, 1.165) is 31.0 Å². The van der Waals surface area contributed by atoms with Crippen LogP contribution in [0.2, 0.25) is 0 Å². The Morgan fingerprint density at radius 3 is 2.50 bits per heavy atom. The molecule has 0 saturated carbocycles. The minimum absolute atomic E-state index is 0.0341. The fraction of sp³-hybridized carbons (Fsp3) is 0.643. The number of nitrogens with zero attached hydrogens (tertiary/aromatic N) is 2. The molecule has 6 nitrogen and oxygen atoms in total. The molecule has 0 aliphatic carbocycles. The van der Waals surface area contributed by atoms with Gasteiger partial charge in [-0.15, -0.1) is 0 Å².